The Bertz CT molecular complexity index is 1280. The minimum absolute atomic E-state index is 0.0727. The molecule has 2 heterocycles. The third-order valence-electron chi connectivity index (χ3n) is 7.33. The van der Waals surface area contributed by atoms with E-state index in [0.717, 1.165) is 32.4 Å². The molecule has 2 fully saturated rings. The van der Waals surface area contributed by atoms with Gasteiger partial charge in [-0.3, -0.25) is 19.5 Å². The summed E-state index contributed by atoms with van der Waals surface area (Å²) in [6, 6.07) is 15.0. The molecule has 1 aromatic heterocycles. The SMILES string of the molecule is COc1ccc(C(=O)Cc2ccc(-c3ccccc3F)nc2)cc1NC(=O)C1(N2CCOCC2)CCC1. The summed E-state index contributed by atoms with van der Waals surface area (Å²) >= 11 is 0. The highest BCUT2D eigenvalue weighted by Crippen LogP contribution is 2.40. The van der Waals surface area contributed by atoms with Crippen LogP contribution in [0.15, 0.2) is 60.8 Å². The summed E-state index contributed by atoms with van der Waals surface area (Å²) in [6.45, 7) is 2.70. The largest absolute Gasteiger partial charge is 0.495 e. The molecule has 37 heavy (non-hydrogen) atoms. The van der Waals surface area contributed by atoms with Crippen molar-refractivity contribution in [3.8, 4) is 17.0 Å². The number of ketones is 1. The molecule has 192 valence electrons. The zero-order chi connectivity index (χ0) is 25.8. The second kappa shape index (κ2) is 10.8. The number of benzene rings is 2. The summed E-state index contributed by atoms with van der Waals surface area (Å²) in [4.78, 5) is 33.1. The molecule has 2 aliphatic rings. The molecule has 3 aromatic rings. The van der Waals surface area contributed by atoms with Gasteiger partial charge in [-0.05, 0) is 61.2 Å². The van der Waals surface area contributed by atoms with Crippen molar-refractivity contribution in [2.75, 3.05) is 38.7 Å². The third-order valence-corrected chi connectivity index (χ3v) is 7.33. The number of hydrogen-bond acceptors (Lipinski definition) is 6. The van der Waals surface area contributed by atoms with Crippen molar-refractivity contribution in [3.63, 3.8) is 0 Å². The fraction of sp³-hybridized carbons (Fsp3) is 0.345. The number of aromatic nitrogens is 1. The minimum Gasteiger partial charge on any atom is -0.495 e. The van der Waals surface area contributed by atoms with Crippen molar-refractivity contribution < 1.29 is 23.5 Å². The predicted octanol–water partition coefficient (Wildman–Crippen LogP) is 4.52. The van der Waals surface area contributed by atoms with Crippen molar-refractivity contribution in [3.05, 3.63) is 77.7 Å². The standard InChI is InChI=1S/C29H30FN3O4/c1-36-27-10-8-21(18-25(27)32-28(35)29(11-4-12-29)33-13-15-37-16-14-33)26(34)17-20-7-9-24(31-19-20)22-5-2-3-6-23(22)30/h2-3,5-10,18-19H,4,11-17H2,1H3,(H,32,35). The van der Waals surface area contributed by atoms with Gasteiger partial charge in [0.25, 0.3) is 0 Å². The van der Waals surface area contributed by atoms with Crippen LogP contribution in [0.5, 0.6) is 5.75 Å². The van der Waals surface area contributed by atoms with Crippen LogP contribution in [0.1, 0.15) is 35.2 Å². The molecule has 0 unspecified atom stereocenters. The Morgan fingerprint density at radius 1 is 1.11 bits per heavy atom. The number of halogens is 1. The molecule has 1 saturated heterocycles. The molecule has 1 amide bonds. The summed E-state index contributed by atoms with van der Waals surface area (Å²) in [5, 5.41) is 3.05. The van der Waals surface area contributed by atoms with Crippen molar-refractivity contribution in [2.24, 2.45) is 0 Å². The monoisotopic (exact) mass is 503 g/mol. The first-order valence-electron chi connectivity index (χ1n) is 12.6. The lowest BCUT2D eigenvalue weighted by Gasteiger charge is -2.50. The highest BCUT2D eigenvalue weighted by Gasteiger charge is 2.49. The van der Waals surface area contributed by atoms with Crippen LogP contribution in [0.3, 0.4) is 0 Å². The van der Waals surface area contributed by atoms with E-state index in [0.29, 0.717) is 47.0 Å². The first kappa shape index (κ1) is 25.0. The van der Waals surface area contributed by atoms with E-state index in [1.54, 1.807) is 54.7 Å². The van der Waals surface area contributed by atoms with Gasteiger partial charge in [0, 0.05) is 36.8 Å². The van der Waals surface area contributed by atoms with Crippen LogP contribution in [0, 0.1) is 5.82 Å². The number of hydrogen-bond donors (Lipinski definition) is 1. The third kappa shape index (κ3) is 5.12. The van der Waals surface area contributed by atoms with Gasteiger partial charge in [-0.15, -0.1) is 0 Å². The molecule has 2 aromatic carbocycles. The van der Waals surface area contributed by atoms with Crippen LogP contribution in [0.2, 0.25) is 0 Å². The van der Waals surface area contributed by atoms with Crippen molar-refractivity contribution in [1.82, 2.24) is 9.88 Å². The van der Waals surface area contributed by atoms with Crippen LogP contribution in [-0.4, -0.2) is 60.5 Å². The number of methoxy groups -OCH3 is 1. The maximum absolute atomic E-state index is 14.1. The average Bonchev–Trinajstić information content (AvgIpc) is 2.89. The number of carbonyl (C=O) groups is 2. The second-order valence-electron chi connectivity index (χ2n) is 9.49. The van der Waals surface area contributed by atoms with Gasteiger partial charge in [-0.1, -0.05) is 18.2 Å². The Hall–Kier alpha value is -3.62. The van der Waals surface area contributed by atoms with Gasteiger partial charge < -0.3 is 14.8 Å². The quantitative estimate of drug-likeness (QED) is 0.456. The van der Waals surface area contributed by atoms with E-state index in [2.05, 4.69) is 15.2 Å². The van der Waals surface area contributed by atoms with E-state index in [4.69, 9.17) is 9.47 Å². The normalized spacial score (nSPS) is 17.0. The lowest BCUT2D eigenvalue weighted by molar-refractivity contribution is -0.139. The smallest absolute Gasteiger partial charge is 0.245 e. The molecule has 0 radical (unpaired) electrons. The number of pyridine rings is 1. The van der Waals surface area contributed by atoms with Gasteiger partial charge in [-0.2, -0.15) is 0 Å². The van der Waals surface area contributed by atoms with Crippen LogP contribution in [0.25, 0.3) is 11.3 Å². The van der Waals surface area contributed by atoms with E-state index < -0.39 is 5.54 Å². The Kier molecular flexibility index (Phi) is 7.30. The summed E-state index contributed by atoms with van der Waals surface area (Å²) in [5.41, 5.74) is 2.04. The fourth-order valence-electron chi connectivity index (χ4n) is 5.05. The molecule has 0 spiro atoms. The number of nitrogens with zero attached hydrogens (tertiary/aromatic N) is 2. The van der Waals surface area contributed by atoms with E-state index >= 15 is 0 Å². The fourth-order valence-corrected chi connectivity index (χ4v) is 5.05. The lowest BCUT2D eigenvalue weighted by Crippen LogP contribution is -2.63. The molecule has 0 bridgehead atoms. The summed E-state index contributed by atoms with van der Waals surface area (Å²) in [7, 11) is 1.54. The van der Waals surface area contributed by atoms with Gasteiger partial charge in [0.2, 0.25) is 5.91 Å². The van der Waals surface area contributed by atoms with Gasteiger partial charge in [0.1, 0.15) is 17.1 Å². The first-order valence-corrected chi connectivity index (χ1v) is 12.6. The zero-order valence-electron chi connectivity index (χ0n) is 20.8. The number of carbonyl (C=O) groups excluding carboxylic acids is 2. The number of amides is 1. The topological polar surface area (TPSA) is 80.8 Å². The first-order chi connectivity index (χ1) is 18.0. The van der Waals surface area contributed by atoms with Crippen molar-refractivity contribution in [1.29, 1.82) is 0 Å². The van der Waals surface area contributed by atoms with E-state index in [1.165, 1.54) is 13.2 Å². The van der Waals surface area contributed by atoms with Crippen LogP contribution < -0.4 is 10.1 Å². The van der Waals surface area contributed by atoms with E-state index in [1.807, 2.05) is 0 Å². The molecular formula is C29H30FN3O4. The summed E-state index contributed by atoms with van der Waals surface area (Å²) in [6.07, 6.45) is 4.33. The zero-order valence-corrected chi connectivity index (χ0v) is 20.8. The molecule has 1 N–H and O–H groups in total. The maximum atomic E-state index is 14.1. The molecule has 8 heteroatoms. The summed E-state index contributed by atoms with van der Waals surface area (Å²) in [5.74, 6) is -0.0391. The van der Waals surface area contributed by atoms with Gasteiger partial charge in [0.05, 0.1) is 31.7 Å². The molecular weight excluding hydrogens is 473 g/mol. The van der Waals surface area contributed by atoms with Crippen LogP contribution in [-0.2, 0) is 16.0 Å². The number of Topliss-reactive ketones (excluding diaryl/α,β-unsaturated/α-hetero) is 1. The molecule has 7 nitrogen and oxygen atoms in total. The van der Waals surface area contributed by atoms with Gasteiger partial charge in [-0.25, -0.2) is 4.39 Å². The maximum Gasteiger partial charge on any atom is 0.245 e. The van der Waals surface area contributed by atoms with E-state index in [-0.39, 0.29) is 23.9 Å². The highest BCUT2D eigenvalue weighted by molar-refractivity contribution is 6.03. The molecule has 1 aliphatic heterocycles. The molecule has 1 saturated carbocycles. The number of ether oxygens (including phenoxy) is 2. The number of anilines is 1. The number of rotatable bonds is 8. The Labute approximate surface area is 215 Å². The number of morpholine rings is 1. The summed E-state index contributed by atoms with van der Waals surface area (Å²) < 4.78 is 25.0. The highest BCUT2D eigenvalue weighted by atomic mass is 19.1. The molecule has 5 rings (SSSR count). The van der Waals surface area contributed by atoms with Gasteiger partial charge >= 0.3 is 0 Å². The second-order valence-corrected chi connectivity index (χ2v) is 9.49. The van der Waals surface area contributed by atoms with Crippen LogP contribution >= 0.6 is 0 Å². The predicted molar refractivity (Wildman–Crippen MR) is 138 cm³/mol. The average molecular weight is 504 g/mol. The Morgan fingerprint density at radius 2 is 1.89 bits per heavy atom. The lowest BCUT2D eigenvalue weighted by atomic mass is 9.74. The molecule has 1 aliphatic carbocycles. The minimum atomic E-state index is -0.541. The Morgan fingerprint density at radius 3 is 2.54 bits per heavy atom. The van der Waals surface area contributed by atoms with Crippen molar-refractivity contribution >= 4 is 17.4 Å². The Balaban J connectivity index is 1.31. The van der Waals surface area contributed by atoms with Gasteiger partial charge in [0.15, 0.2) is 5.78 Å². The van der Waals surface area contributed by atoms with Crippen LogP contribution in [0.4, 0.5) is 10.1 Å². The number of nitrogens with one attached hydrogen (secondary N) is 1. The van der Waals surface area contributed by atoms with E-state index in [9.17, 15) is 14.0 Å². The molecule has 0 atom stereocenters. The van der Waals surface area contributed by atoms with Crippen molar-refractivity contribution in [2.45, 2.75) is 31.2 Å².